The first-order chi connectivity index (χ1) is 5.17. The van der Waals surface area contributed by atoms with Crippen molar-refractivity contribution in [3.8, 4) is 0 Å². The third-order valence-corrected chi connectivity index (χ3v) is 2.00. The van der Waals surface area contributed by atoms with Crippen molar-refractivity contribution in [3.05, 3.63) is 11.6 Å². The highest BCUT2D eigenvalue weighted by atomic mass is 19.3. The largest absolute Gasteiger partial charge is 0.288 e. The highest BCUT2D eigenvalue weighted by molar-refractivity contribution is 5.37. The van der Waals surface area contributed by atoms with Gasteiger partial charge in [0.15, 0.2) is 0 Å². The SMILES string of the molecule is CCCCCCC1=CC1(F)F. The Morgan fingerprint density at radius 1 is 1.27 bits per heavy atom. The Labute approximate surface area is 66.3 Å². The Kier molecular flexibility index (Phi) is 2.63. The molecule has 0 heterocycles. The van der Waals surface area contributed by atoms with Crippen LogP contribution < -0.4 is 0 Å². The second kappa shape index (κ2) is 3.33. The van der Waals surface area contributed by atoms with Gasteiger partial charge >= 0.3 is 0 Å². The molecule has 0 aromatic rings. The molecule has 1 aliphatic rings. The maximum Gasteiger partial charge on any atom is 0.288 e. The van der Waals surface area contributed by atoms with E-state index in [4.69, 9.17) is 0 Å². The summed E-state index contributed by atoms with van der Waals surface area (Å²) in [6.07, 6.45) is 6.01. The first-order valence-electron chi connectivity index (χ1n) is 4.27. The predicted molar refractivity (Wildman–Crippen MR) is 41.8 cm³/mol. The summed E-state index contributed by atoms with van der Waals surface area (Å²) < 4.78 is 24.4. The van der Waals surface area contributed by atoms with E-state index in [1.165, 1.54) is 6.42 Å². The number of rotatable bonds is 5. The highest BCUT2D eigenvalue weighted by Gasteiger charge is 2.43. The van der Waals surface area contributed by atoms with Crippen LogP contribution in [-0.4, -0.2) is 5.92 Å². The van der Waals surface area contributed by atoms with E-state index >= 15 is 0 Å². The van der Waals surface area contributed by atoms with E-state index in [0.29, 0.717) is 12.0 Å². The molecule has 0 aliphatic heterocycles. The van der Waals surface area contributed by atoms with E-state index < -0.39 is 5.92 Å². The van der Waals surface area contributed by atoms with Gasteiger partial charge in [-0.2, -0.15) is 8.78 Å². The summed E-state index contributed by atoms with van der Waals surface area (Å²) >= 11 is 0. The lowest BCUT2D eigenvalue weighted by molar-refractivity contribution is 0.140. The van der Waals surface area contributed by atoms with E-state index in [1.807, 2.05) is 0 Å². The molecule has 0 nitrogen and oxygen atoms in total. The van der Waals surface area contributed by atoms with Gasteiger partial charge in [0.05, 0.1) is 0 Å². The normalized spacial score (nSPS) is 19.7. The van der Waals surface area contributed by atoms with E-state index in [-0.39, 0.29) is 0 Å². The minimum atomic E-state index is -2.49. The van der Waals surface area contributed by atoms with Gasteiger partial charge in [-0.25, -0.2) is 0 Å². The molecule has 1 rings (SSSR count). The van der Waals surface area contributed by atoms with Gasteiger partial charge in [-0.05, 0) is 18.9 Å². The van der Waals surface area contributed by atoms with Crippen LogP contribution in [-0.2, 0) is 0 Å². The molecule has 0 unspecified atom stereocenters. The monoisotopic (exact) mass is 160 g/mol. The summed E-state index contributed by atoms with van der Waals surface area (Å²) in [5.74, 6) is -2.49. The fourth-order valence-corrected chi connectivity index (χ4v) is 1.16. The first-order valence-corrected chi connectivity index (χ1v) is 4.27. The summed E-state index contributed by atoms with van der Waals surface area (Å²) in [5.41, 5.74) is 0.355. The number of halogens is 2. The van der Waals surface area contributed by atoms with Gasteiger partial charge in [0.25, 0.3) is 5.92 Å². The van der Waals surface area contributed by atoms with Gasteiger partial charge in [0, 0.05) is 5.57 Å². The second-order valence-electron chi connectivity index (χ2n) is 3.10. The summed E-state index contributed by atoms with van der Waals surface area (Å²) in [5, 5.41) is 0. The number of hydrogen-bond acceptors (Lipinski definition) is 0. The van der Waals surface area contributed by atoms with Crippen molar-refractivity contribution in [2.75, 3.05) is 0 Å². The molecule has 0 fully saturated rings. The van der Waals surface area contributed by atoms with Crippen LogP contribution in [0.25, 0.3) is 0 Å². The zero-order valence-corrected chi connectivity index (χ0v) is 6.87. The lowest BCUT2D eigenvalue weighted by Gasteiger charge is -1.97. The third-order valence-electron chi connectivity index (χ3n) is 2.00. The average molecular weight is 160 g/mol. The quantitative estimate of drug-likeness (QED) is 0.426. The van der Waals surface area contributed by atoms with Crippen molar-refractivity contribution in [2.45, 2.75) is 45.0 Å². The Morgan fingerprint density at radius 3 is 2.36 bits per heavy atom. The fraction of sp³-hybridized carbons (Fsp3) is 0.778. The molecule has 0 amide bonds. The van der Waals surface area contributed by atoms with Crippen LogP contribution in [0.15, 0.2) is 11.6 Å². The van der Waals surface area contributed by atoms with Crippen LogP contribution in [0.1, 0.15) is 39.0 Å². The smallest absolute Gasteiger partial charge is 0.197 e. The summed E-state index contributed by atoms with van der Waals surface area (Å²) in [6.45, 7) is 2.12. The molecule has 0 radical (unpaired) electrons. The summed E-state index contributed by atoms with van der Waals surface area (Å²) in [7, 11) is 0. The van der Waals surface area contributed by atoms with Crippen LogP contribution in [0.5, 0.6) is 0 Å². The maximum atomic E-state index is 12.2. The molecule has 0 bridgehead atoms. The lowest BCUT2D eigenvalue weighted by atomic mass is 10.1. The minimum absolute atomic E-state index is 0.355. The van der Waals surface area contributed by atoms with Crippen molar-refractivity contribution in [3.63, 3.8) is 0 Å². The topological polar surface area (TPSA) is 0 Å². The zero-order valence-electron chi connectivity index (χ0n) is 6.87. The number of unbranched alkanes of at least 4 members (excludes halogenated alkanes) is 3. The Bertz CT molecular complexity index is 159. The molecule has 0 spiro atoms. The van der Waals surface area contributed by atoms with Gasteiger partial charge in [-0.3, -0.25) is 0 Å². The number of alkyl halides is 2. The standard InChI is InChI=1S/C9H14F2/c1-2-3-4-5-6-8-7-9(8,10)11/h7H,2-6H2,1H3. The van der Waals surface area contributed by atoms with Gasteiger partial charge in [0.2, 0.25) is 0 Å². The molecule has 64 valence electrons. The predicted octanol–water partition coefficient (Wildman–Crippen LogP) is 3.53. The van der Waals surface area contributed by atoms with Crippen molar-refractivity contribution >= 4 is 0 Å². The molecule has 0 aromatic heterocycles. The third kappa shape index (κ3) is 2.60. The van der Waals surface area contributed by atoms with Crippen molar-refractivity contribution in [2.24, 2.45) is 0 Å². The van der Waals surface area contributed by atoms with E-state index in [1.54, 1.807) is 0 Å². The van der Waals surface area contributed by atoms with E-state index in [9.17, 15) is 8.78 Å². The highest BCUT2D eigenvalue weighted by Crippen LogP contribution is 2.43. The van der Waals surface area contributed by atoms with Crippen LogP contribution in [0.3, 0.4) is 0 Å². The maximum absolute atomic E-state index is 12.2. The average Bonchev–Trinajstić information content (AvgIpc) is 2.52. The second-order valence-corrected chi connectivity index (χ2v) is 3.10. The molecule has 0 aromatic carbocycles. The summed E-state index contributed by atoms with van der Waals surface area (Å²) in [6, 6.07) is 0. The molecule has 0 N–H and O–H groups in total. The van der Waals surface area contributed by atoms with Crippen LogP contribution >= 0.6 is 0 Å². The molecule has 0 atom stereocenters. The van der Waals surface area contributed by atoms with Gasteiger partial charge < -0.3 is 0 Å². The molecule has 11 heavy (non-hydrogen) atoms. The number of hydrogen-bond donors (Lipinski definition) is 0. The van der Waals surface area contributed by atoms with Crippen molar-refractivity contribution in [1.29, 1.82) is 0 Å². The number of allylic oxidation sites excluding steroid dienone is 2. The van der Waals surface area contributed by atoms with Gasteiger partial charge in [-0.15, -0.1) is 0 Å². The van der Waals surface area contributed by atoms with Crippen molar-refractivity contribution < 1.29 is 8.78 Å². The first kappa shape index (κ1) is 8.69. The fourth-order valence-electron chi connectivity index (χ4n) is 1.16. The molecule has 0 saturated carbocycles. The minimum Gasteiger partial charge on any atom is -0.197 e. The lowest BCUT2D eigenvalue weighted by Crippen LogP contribution is -1.93. The van der Waals surface area contributed by atoms with E-state index in [2.05, 4.69) is 6.92 Å². The molecule has 2 heteroatoms. The van der Waals surface area contributed by atoms with Crippen LogP contribution in [0, 0.1) is 0 Å². The molecular formula is C9H14F2. The van der Waals surface area contributed by atoms with Gasteiger partial charge in [0.1, 0.15) is 0 Å². The Balaban J connectivity index is 1.94. The zero-order chi connectivity index (χ0) is 8.32. The van der Waals surface area contributed by atoms with Crippen LogP contribution in [0.4, 0.5) is 8.78 Å². The molecule has 0 saturated heterocycles. The Morgan fingerprint density at radius 2 is 1.91 bits per heavy atom. The Hall–Kier alpha value is -0.400. The molecule has 1 aliphatic carbocycles. The van der Waals surface area contributed by atoms with Crippen molar-refractivity contribution in [1.82, 2.24) is 0 Å². The molecular weight excluding hydrogens is 146 g/mol. The van der Waals surface area contributed by atoms with Crippen LogP contribution in [0.2, 0.25) is 0 Å². The van der Waals surface area contributed by atoms with E-state index in [0.717, 1.165) is 25.3 Å². The summed E-state index contributed by atoms with van der Waals surface area (Å²) in [4.78, 5) is 0. The van der Waals surface area contributed by atoms with Gasteiger partial charge in [-0.1, -0.05) is 26.2 Å².